The van der Waals surface area contributed by atoms with Gasteiger partial charge >= 0.3 is 0 Å². The maximum absolute atomic E-state index is 9.91. The van der Waals surface area contributed by atoms with Crippen LogP contribution in [0.1, 0.15) is 5.56 Å². The van der Waals surface area contributed by atoms with Crippen LogP contribution in [0.25, 0.3) is 0 Å². The molecule has 7 nitrogen and oxygen atoms in total. The summed E-state index contributed by atoms with van der Waals surface area (Å²) in [5, 5.41) is 38.4. The Balaban J connectivity index is 2.16. The quantitative estimate of drug-likeness (QED) is 0.575. The van der Waals surface area contributed by atoms with Gasteiger partial charge in [0.2, 0.25) is 6.29 Å². The van der Waals surface area contributed by atoms with Crippen molar-refractivity contribution < 1.29 is 34.6 Å². The van der Waals surface area contributed by atoms with Gasteiger partial charge in [-0.15, -0.1) is 0 Å². The van der Waals surface area contributed by atoms with Crippen LogP contribution in [-0.4, -0.2) is 64.8 Å². The highest BCUT2D eigenvalue weighted by Gasteiger charge is 2.44. The van der Waals surface area contributed by atoms with Crippen molar-refractivity contribution in [3.8, 4) is 11.5 Å². The Morgan fingerprint density at radius 2 is 1.71 bits per heavy atom. The van der Waals surface area contributed by atoms with E-state index in [0.29, 0.717) is 11.5 Å². The zero-order valence-corrected chi connectivity index (χ0v) is 11.8. The Labute approximate surface area is 122 Å². The van der Waals surface area contributed by atoms with Crippen LogP contribution >= 0.6 is 0 Å². The van der Waals surface area contributed by atoms with Gasteiger partial charge in [0.1, 0.15) is 35.9 Å². The number of aliphatic hydroxyl groups is 4. The predicted molar refractivity (Wildman–Crippen MR) is 72.1 cm³/mol. The SMILES string of the molecule is COc1cc(C)cc(OC2OC(CO)C(O)C(O)C2O)c1. The van der Waals surface area contributed by atoms with Gasteiger partial charge in [0.05, 0.1) is 13.7 Å². The molecule has 0 bridgehead atoms. The van der Waals surface area contributed by atoms with E-state index in [0.717, 1.165) is 5.56 Å². The number of aryl methyl sites for hydroxylation is 1. The molecule has 1 fully saturated rings. The van der Waals surface area contributed by atoms with Gasteiger partial charge in [-0.3, -0.25) is 0 Å². The minimum absolute atomic E-state index is 0.385. The first-order valence-electron chi connectivity index (χ1n) is 6.59. The van der Waals surface area contributed by atoms with Crippen LogP contribution in [-0.2, 0) is 4.74 Å². The average molecular weight is 300 g/mol. The smallest absolute Gasteiger partial charge is 0.229 e. The fourth-order valence-electron chi connectivity index (χ4n) is 2.20. The maximum Gasteiger partial charge on any atom is 0.229 e. The minimum Gasteiger partial charge on any atom is -0.497 e. The monoisotopic (exact) mass is 300 g/mol. The molecule has 0 spiro atoms. The Kier molecular flexibility index (Phi) is 5.02. The first-order chi connectivity index (χ1) is 9.96. The van der Waals surface area contributed by atoms with E-state index in [2.05, 4.69) is 0 Å². The van der Waals surface area contributed by atoms with Crippen LogP contribution in [0.2, 0.25) is 0 Å². The molecule has 5 unspecified atom stereocenters. The third kappa shape index (κ3) is 3.45. The summed E-state index contributed by atoms with van der Waals surface area (Å²) in [7, 11) is 1.52. The van der Waals surface area contributed by atoms with E-state index in [1.54, 1.807) is 18.2 Å². The van der Waals surface area contributed by atoms with Gasteiger partial charge in [-0.1, -0.05) is 0 Å². The Morgan fingerprint density at radius 1 is 1.05 bits per heavy atom. The molecular weight excluding hydrogens is 280 g/mol. The molecule has 1 aromatic carbocycles. The normalized spacial score (nSPS) is 32.8. The number of rotatable bonds is 4. The number of benzene rings is 1. The molecule has 7 heteroatoms. The molecule has 0 radical (unpaired) electrons. The Hall–Kier alpha value is -1.38. The van der Waals surface area contributed by atoms with Crippen molar-refractivity contribution >= 4 is 0 Å². The third-order valence-electron chi connectivity index (χ3n) is 3.36. The second-order valence-electron chi connectivity index (χ2n) is 5.00. The van der Waals surface area contributed by atoms with Crippen molar-refractivity contribution in [3.63, 3.8) is 0 Å². The minimum atomic E-state index is -1.47. The van der Waals surface area contributed by atoms with Gasteiger partial charge in [-0.05, 0) is 24.6 Å². The van der Waals surface area contributed by atoms with E-state index in [1.807, 2.05) is 6.92 Å². The molecule has 1 saturated heterocycles. The Morgan fingerprint density at radius 3 is 2.33 bits per heavy atom. The van der Waals surface area contributed by atoms with Gasteiger partial charge < -0.3 is 34.6 Å². The number of hydrogen-bond donors (Lipinski definition) is 4. The largest absolute Gasteiger partial charge is 0.497 e. The zero-order valence-electron chi connectivity index (χ0n) is 11.8. The van der Waals surface area contributed by atoms with Gasteiger partial charge in [-0.2, -0.15) is 0 Å². The van der Waals surface area contributed by atoms with E-state index in [-0.39, 0.29) is 0 Å². The Bertz CT molecular complexity index is 476. The summed E-state index contributed by atoms with van der Waals surface area (Å²) in [6.45, 7) is 1.35. The van der Waals surface area contributed by atoms with Gasteiger partial charge in [0.25, 0.3) is 0 Å². The molecule has 0 aromatic heterocycles. The molecule has 0 aliphatic carbocycles. The lowest BCUT2D eigenvalue weighted by Gasteiger charge is -2.39. The summed E-state index contributed by atoms with van der Waals surface area (Å²) in [4.78, 5) is 0. The van der Waals surface area contributed by atoms with Crippen molar-refractivity contribution in [2.24, 2.45) is 0 Å². The van der Waals surface area contributed by atoms with Crippen molar-refractivity contribution in [1.29, 1.82) is 0 Å². The average Bonchev–Trinajstić information content (AvgIpc) is 2.47. The highest BCUT2D eigenvalue weighted by molar-refractivity contribution is 5.37. The van der Waals surface area contributed by atoms with Gasteiger partial charge in [0.15, 0.2) is 0 Å². The molecule has 1 aliphatic rings. The molecule has 5 atom stereocenters. The molecule has 0 saturated carbocycles. The zero-order chi connectivity index (χ0) is 15.6. The summed E-state index contributed by atoms with van der Waals surface area (Å²) in [5.74, 6) is 0.964. The standard InChI is InChI=1S/C14H20O7/c1-7-3-8(19-2)5-9(4-7)20-14-13(18)12(17)11(16)10(6-15)21-14/h3-5,10-18H,6H2,1-2H3. The van der Waals surface area contributed by atoms with E-state index in [1.165, 1.54) is 7.11 Å². The van der Waals surface area contributed by atoms with Crippen LogP contribution < -0.4 is 9.47 Å². The summed E-state index contributed by atoms with van der Waals surface area (Å²) in [6.07, 6.45) is -6.51. The van der Waals surface area contributed by atoms with Crippen LogP contribution in [0.5, 0.6) is 11.5 Å². The molecule has 1 aromatic rings. The second kappa shape index (κ2) is 6.59. The van der Waals surface area contributed by atoms with Crippen LogP contribution in [0.4, 0.5) is 0 Å². The van der Waals surface area contributed by atoms with Crippen LogP contribution in [0.3, 0.4) is 0 Å². The highest BCUT2D eigenvalue weighted by Crippen LogP contribution is 2.27. The topological polar surface area (TPSA) is 109 Å². The molecule has 4 N–H and O–H groups in total. The lowest BCUT2D eigenvalue weighted by atomic mass is 9.99. The summed E-state index contributed by atoms with van der Waals surface area (Å²) >= 11 is 0. The first-order valence-corrected chi connectivity index (χ1v) is 6.59. The van der Waals surface area contributed by atoms with Crippen molar-refractivity contribution in [2.45, 2.75) is 37.6 Å². The fourth-order valence-corrected chi connectivity index (χ4v) is 2.20. The molecule has 1 aliphatic heterocycles. The van der Waals surface area contributed by atoms with Crippen molar-refractivity contribution in [1.82, 2.24) is 0 Å². The maximum atomic E-state index is 9.91. The van der Waals surface area contributed by atoms with Gasteiger partial charge in [0, 0.05) is 6.07 Å². The van der Waals surface area contributed by atoms with E-state index >= 15 is 0 Å². The summed E-state index contributed by atoms with van der Waals surface area (Å²) < 4.78 is 15.9. The van der Waals surface area contributed by atoms with E-state index in [9.17, 15) is 15.3 Å². The third-order valence-corrected chi connectivity index (χ3v) is 3.36. The van der Waals surface area contributed by atoms with Crippen LogP contribution in [0.15, 0.2) is 18.2 Å². The first kappa shape index (κ1) is 16.0. The van der Waals surface area contributed by atoms with Gasteiger partial charge in [-0.25, -0.2) is 0 Å². The summed E-state index contributed by atoms with van der Waals surface area (Å²) in [6, 6.07) is 5.12. The van der Waals surface area contributed by atoms with Crippen LogP contribution in [0, 0.1) is 6.92 Å². The molecular formula is C14H20O7. The second-order valence-corrected chi connectivity index (χ2v) is 5.00. The summed E-state index contributed by atoms with van der Waals surface area (Å²) in [5.41, 5.74) is 0.883. The lowest BCUT2D eigenvalue weighted by molar-refractivity contribution is -0.277. The molecule has 21 heavy (non-hydrogen) atoms. The van der Waals surface area contributed by atoms with E-state index in [4.69, 9.17) is 19.3 Å². The highest BCUT2D eigenvalue weighted by atomic mass is 16.7. The lowest BCUT2D eigenvalue weighted by Crippen LogP contribution is -2.60. The number of methoxy groups -OCH3 is 1. The van der Waals surface area contributed by atoms with Crippen molar-refractivity contribution in [3.05, 3.63) is 23.8 Å². The number of aliphatic hydroxyl groups excluding tert-OH is 4. The molecule has 0 amide bonds. The molecule has 118 valence electrons. The van der Waals surface area contributed by atoms with E-state index < -0.39 is 37.3 Å². The molecule has 2 rings (SSSR count). The predicted octanol–water partition coefficient (Wildman–Crippen LogP) is -0.818. The van der Waals surface area contributed by atoms with Crippen molar-refractivity contribution in [2.75, 3.05) is 13.7 Å². The fraction of sp³-hybridized carbons (Fsp3) is 0.571. The molecule has 1 heterocycles. The number of ether oxygens (including phenoxy) is 3. The number of hydrogen-bond acceptors (Lipinski definition) is 7.